The summed E-state index contributed by atoms with van der Waals surface area (Å²) in [6, 6.07) is 1.69. The van der Waals surface area contributed by atoms with Gasteiger partial charge in [0.05, 0.1) is 6.33 Å². The number of imidazole rings is 1. The molecule has 2 rings (SSSR count). The molecule has 0 radical (unpaired) electrons. The summed E-state index contributed by atoms with van der Waals surface area (Å²) in [6.45, 7) is 2.81. The molecule has 0 bridgehead atoms. The van der Waals surface area contributed by atoms with Gasteiger partial charge in [0.2, 0.25) is 5.78 Å². The maximum absolute atomic E-state index is 11.9. The van der Waals surface area contributed by atoms with E-state index in [9.17, 15) is 4.79 Å². The molecule has 0 atom stereocenters. The summed E-state index contributed by atoms with van der Waals surface area (Å²) >= 11 is 0. The van der Waals surface area contributed by atoms with Gasteiger partial charge in [-0.25, -0.2) is 4.98 Å². The number of ketones is 1. The van der Waals surface area contributed by atoms with Crippen LogP contribution in [0.1, 0.15) is 23.1 Å². The highest BCUT2D eigenvalue weighted by Crippen LogP contribution is 2.06. The molecule has 0 fully saturated rings. The van der Waals surface area contributed by atoms with E-state index >= 15 is 0 Å². The first-order chi connectivity index (χ1) is 7.22. The molecule has 0 spiro atoms. The number of hydrogen-bond acceptors (Lipinski definition) is 3. The van der Waals surface area contributed by atoms with Gasteiger partial charge in [0.25, 0.3) is 0 Å². The van der Waals surface area contributed by atoms with Crippen molar-refractivity contribution >= 4 is 5.78 Å². The zero-order valence-electron chi connectivity index (χ0n) is 8.71. The number of aromatic nitrogens is 4. The standard InChI is InChI=1S/C10H12N4O/c1-3-14-6-8(11-7-14)10(15)9-4-5-12-13(9)2/h4-7H,3H2,1-2H3. The molecule has 2 aromatic rings. The van der Waals surface area contributed by atoms with Crippen LogP contribution in [0.15, 0.2) is 24.8 Å². The van der Waals surface area contributed by atoms with Crippen molar-refractivity contribution in [3.8, 4) is 0 Å². The second kappa shape index (κ2) is 3.68. The van der Waals surface area contributed by atoms with E-state index in [1.807, 2.05) is 11.5 Å². The Hall–Kier alpha value is -1.91. The molecule has 5 heteroatoms. The highest BCUT2D eigenvalue weighted by molar-refractivity contribution is 6.06. The molecule has 0 aliphatic heterocycles. The second-order valence-electron chi connectivity index (χ2n) is 3.26. The quantitative estimate of drug-likeness (QED) is 0.697. The molecular formula is C10H12N4O. The summed E-state index contributed by atoms with van der Waals surface area (Å²) in [5.74, 6) is -0.0952. The van der Waals surface area contributed by atoms with Gasteiger partial charge in [-0.15, -0.1) is 0 Å². The van der Waals surface area contributed by atoms with Gasteiger partial charge in [0.15, 0.2) is 0 Å². The number of aryl methyl sites for hydroxylation is 2. The number of hydrogen-bond donors (Lipinski definition) is 0. The predicted molar refractivity (Wildman–Crippen MR) is 54.5 cm³/mol. The summed E-state index contributed by atoms with van der Waals surface area (Å²) in [5, 5.41) is 3.95. The lowest BCUT2D eigenvalue weighted by molar-refractivity contribution is 0.102. The van der Waals surface area contributed by atoms with Crippen LogP contribution in [0.3, 0.4) is 0 Å². The fraction of sp³-hybridized carbons (Fsp3) is 0.300. The minimum absolute atomic E-state index is 0.0952. The van der Waals surface area contributed by atoms with Crippen molar-refractivity contribution in [1.29, 1.82) is 0 Å². The van der Waals surface area contributed by atoms with Crippen molar-refractivity contribution in [3.63, 3.8) is 0 Å². The molecule has 0 saturated heterocycles. The van der Waals surface area contributed by atoms with Crippen LogP contribution in [0.2, 0.25) is 0 Å². The minimum Gasteiger partial charge on any atom is -0.337 e. The Morgan fingerprint density at radius 2 is 2.33 bits per heavy atom. The van der Waals surface area contributed by atoms with Gasteiger partial charge in [-0.3, -0.25) is 9.48 Å². The third-order valence-corrected chi connectivity index (χ3v) is 2.28. The first-order valence-electron chi connectivity index (χ1n) is 4.77. The Morgan fingerprint density at radius 1 is 1.53 bits per heavy atom. The van der Waals surface area contributed by atoms with Crippen LogP contribution in [-0.4, -0.2) is 25.1 Å². The van der Waals surface area contributed by atoms with Crippen molar-refractivity contribution < 1.29 is 4.79 Å². The normalized spacial score (nSPS) is 10.5. The number of carbonyl (C=O) groups is 1. The fourth-order valence-corrected chi connectivity index (χ4v) is 1.38. The predicted octanol–water partition coefficient (Wildman–Crippen LogP) is 0.867. The Balaban J connectivity index is 2.32. The van der Waals surface area contributed by atoms with Crippen LogP contribution in [0.25, 0.3) is 0 Å². The van der Waals surface area contributed by atoms with Crippen LogP contribution in [0, 0.1) is 0 Å². The highest BCUT2D eigenvalue weighted by Gasteiger charge is 2.14. The molecule has 78 valence electrons. The van der Waals surface area contributed by atoms with E-state index in [1.165, 1.54) is 0 Å². The first kappa shape index (κ1) is 9.64. The fourth-order valence-electron chi connectivity index (χ4n) is 1.38. The third kappa shape index (κ3) is 1.68. The minimum atomic E-state index is -0.0952. The van der Waals surface area contributed by atoms with Gasteiger partial charge in [-0.1, -0.05) is 0 Å². The molecule has 2 aromatic heterocycles. The van der Waals surface area contributed by atoms with E-state index < -0.39 is 0 Å². The van der Waals surface area contributed by atoms with E-state index in [4.69, 9.17) is 0 Å². The van der Waals surface area contributed by atoms with Crippen LogP contribution in [0.5, 0.6) is 0 Å². The van der Waals surface area contributed by atoms with Crippen LogP contribution in [0.4, 0.5) is 0 Å². The second-order valence-corrected chi connectivity index (χ2v) is 3.26. The summed E-state index contributed by atoms with van der Waals surface area (Å²) in [4.78, 5) is 16.0. The molecule has 2 heterocycles. The van der Waals surface area contributed by atoms with Gasteiger partial charge < -0.3 is 4.57 Å². The van der Waals surface area contributed by atoms with Gasteiger partial charge in [0.1, 0.15) is 11.4 Å². The Bertz CT molecular complexity index is 483. The Labute approximate surface area is 87.4 Å². The maximum Gasteiger partial charge on any atom is 0.230 e. The van der Waals surface area contributed by atoms with Gasteiger partial charge in [0, 0.05) is 26.0 Å². The lowest BCUT2D eigenvalue weighted by Gasteiger charge is -1.97. The molecule has 0 aliphatic carbocycles. The smallest absolute Gasteiger partial charge is 0.230 e. The van der Waals surface area contributed by atoms with E-state index in [-0.39, 0.29) is 5.78 Å². The summed E-state index contributed by atoms with van der Waals surface area (Å²) in [5.41, 5.74) is 1.01. The Kier molecular flexibility index (Phi) is 2.37. The molecule has 0 aromatic carbocycles. The Morgan fingerprint density at radius 3 is 2.87 bits per heavy atom. The number of nitrogens with zero attached hydrogens (tertiary/aromatic N) is 4. The maximum atomic E-state index is 11.9. The highest BCUT2D eigenvalue weighted by atomic mass is 16.1. The van der Waals surface area contributed by atoms with Crippen molar-refractivity contribution in [2.75, 3.05) is 0 Å². The first-order valence-corrected chi connectivity index (χ1v) is 4.77. The van der Waals surface area contributed by atoms with Crippen LogP contribution < -0.4 is 0 Å². The van der Waals surface area contributed by atoms with Crippen molar-refractivity contribution in [3.05, 3.63) is 36.2 Å². The lowest BCUT2D eigenvalue weighted by Crippen LogP contribution is -2.08. The van der Waals surface area contributed by atoms with Crippen molar-refractivity contribution in [2.24, 2.45) is 7.05 Å². The summed E-state index contributed by atoms with van der Waals surface area (Å²) in [6.07, 6.45) is 5.00. The monoisotopic (exact) mass is 204 g/mol. The third-order valence-electron chi connectivity index (χ3n) is 2.28. The SMILES string of the molecule is CCn1cnc(C(=O)c2ccnn2C)c1. The summed E-state index contributed by atoms with van der Waals surface area (Å²) in [7, 11) is 1.74. The van der Waals surface area contributed by atoms with E-state index in [0.717, 1.165) is 6.54 Å². The van der Waals surface area contributed by atoms with Gasteiger partial charge in [-0.2, -0.15) is 5.10 Å². The topological polar surface area (TPSA) is 52.7 Å². The van der Waals surface area contributed by atoms with E-state index in [0.29, 0.717) is 11.4 Å². The van der Waals surface area contributed by atoms with Crippen molar-refractivity contribution in [1.82, 2.24) is 19.3 Å². The largest absolute Gasteiger partial charge is 0.337 e. The molecule has 5 nitrogen and oxygen atoms in total. The van der Waals surface area contributed by atoms with Gasteiger partial charge >= 0.3 is 0 Å². The molecule has 0 saturated carbocycles. The zero-order chi connectivity index (χ0) is 10.8. The van der Waals surface area contributed by atoms with Crippen molar-refractivity contribution in [2.45, 2.75) is 13.5 Å². The van der Waals surface area contributed by atoms with Crippen LogP contribution in [-0.2, 0) is 13.6 Å². The zero-order valence-corrected chi connectivity index (χ0v) is 8.71. The van der Waals surface area contributed by atoms with Gasteiger partial charge in [-0.05, 0) is 13.0 Å². The van der Waals surface area contributed by atoms with E-state index in [1.54, 1.807) is 36.5 Å². The summed E-state index contributed by atoms with van der Waals surface area (Å²) < 4.78 is 3.41. The molecular weight excluding hydrogens is 192 g/mol. The van der Waals surface area contributed by atoms with Crippen LogP contribution >= 0.6 is 0 Å². The molecule has 0 aliphatic rings. The van der Waals surface area contributed by atoms with E-state index in [2.05, 4.69) is 10.1 Å². The average molecular weight is 204 g/mol. The lowest BCUT2D eigenvalue weighted by atomic mass is 10.2. The number of rotatable bonds is 3. The molecule has 0 amide bonds. The number of carbonyl (C=O) groups excluding carboxylic acids is 1. The molecule has 0 unspecified atom stereocenters. The molecule has 0 N–H and O–H groups in total. The average Bonchev–Trinajstić information content (AvgIpc) is 2.84. The molecule has 15 heavy (non-hydrogen) atoms.